The van der Waals surface area contributed by atoms with Crippen LogP contribution in [-0.4, -0.2) is 19.5 Å². The quantitative estimate of drug-likeness (QED) is 0.749. The molecule has 0 aromatic carbocycles. The molecular weight excluding hydrogens is 219 g/mol. The molecule has 0 aromatic rings. The molecule has 0 spiro atoms. The average Bonchev–Trinajstić information content (AvgIpc) is 2.30. The molecule has 2 rings (SSSR count). The van der Waals surface area contributed by atoms with Gasteiger partial charge in [-0.25, -0.2) is 4.39 Å². The Morgan fingerprint density at radius 1 is 1.24 bits per heavy atom. The van der Waals surface area contributed by atoms with Gasteiger partial charge in [0.2, 0.25) is 0 Å². The van der Waals surface area contributed by atoms with E-state index in [0.717, 1.165) is 44.5 Å². The average molecular weight is 242 g/mol. The van der Waals surface area contributed by atoms with Crippen LogP contribution in [0.25, 0.3) is 0 Å². The van der Waals surface area contributed by atoms with Crippen molar-refractivity contribution in [2.75, 3.05) is 13.2 Å². The van der Waals surface area contributed by atoms with Crippen molar-refractivity contribution in [2.45, 2.75) is 52.2 Å². The Hall–Kier alpha value is -0.410. The highest BCUT2D eigenvalue weighted by Crippen LogP contribution is 2.33. The molecule has 98 valence electrons. The minimum absolute atomic E-state index is 0.0715. The fourth-order valence-electron chi connectivity index (χ4n) is 2.55. The Morgan fingerprint density at radius 2 is 1.94 bits per heavy atom. The molecule has 1 atom stereocenters. The van der Waals surface area contributed by atoms with E-state index in [1.807, 2.05) is 6.92 Å². The first-order valence-corrected chi connectivity index (χ1v) is 6.74. The summed E-state index contributed by atoms with van der Waals surface area (Å²) in [5.74, 6) is 1.10. The van der Waals surface area contributed by atoms with Crippen LogP contribution in [0.15, 0.2) is 11.4 Å². The van der Waals surface area contributed by atoms with E-state index in [4.69, 9.17) is 9.47 Å². The van der Waals surface area contributed by atoms with Crippen molar-refractivity contribution in [3.8, 4) is 0 Å². The highest BCUT2D eigenvalue weighted by Gasteiger charge is 2.22. The zero-order valence-corrected chi connectivity index (χ0v) is 10.9. The summed E-state index contributed by atoms with van der Waals surface area (Å²) in [4.78, 5) is 0. The van der Waals surface area contributed by atoms with Gasteiger partial charge < -0.3 is 9.47 Å². The van der Waals surface area contributed by atoms with Crippen LogP contribution >= 0.6 is 0 Å². The van der Waals surface area contributed by atoms with Crippen LogP contribution in [0.3, 0.4) is 0 Å². The summed E-state index contributed by atoms with van der Waals surface area (Å²) >= 11 is 0. The van der Waals surface area contributed by atoms with E-state index in [0.29, 0.717) is 18.3 Å². The van der Waals surface area contributed by atoms with Gasteiger partial charge in [0.25, 0.3) is 0 Å². The van der Waals surface area contributed by atoms with E-state index in [1.165, 1.54) is 0 Å². The Bertz CT molecular complexity index is 280. The second kappa shape index (κ2) is 5.96. The van der Waals surface area contributed by atoms with E-state index < -0.39 is 0 Å². The first-order chi connectivity index (χ1) is 8.15. The lowest BCUT2D eigenvalue weighted by atomic mass is 9.87. The molecule has 0 saturated carbocycles. The maximum Gasteiger partial charge on any atom is 0.154 e. The number of hydrogen-bond donors (Lipinski definition) is 0. The van der Waals surface area contributed by atoms with Crippen LogP contribution in [-0.2, 0) is 9.47 Å². The van der Waals surface area contributed by atoms with Crippen molar-refractivity contribution < 1.29 is 13.9 Å². The third kappa shape index (κ3) is 3.78. The SMILES string of the molecule is CC1CCC(CCC2COC(C)OC2)=C(F)C1. The van der Waals surface area contributed by atoms with Gasteiger partial charge in [0.15, 0.2) is 6.29 Å². The Labute approximate surface area is 103 Å². The summed E-state index contributed by atoms with van der Waals surface area (Å²) in [5, 5.41) is 0. The molecule has 1 aliphatic heterocycles. The van der Waals surface area contributed by atoms with Crippen LogP contribution in [0.1, 0.15) is 46.0 Å². The van der Waals surface area contributed by atoms with Gasteiger partial charge in [-0.3, -0.25) is 0 Å². The minimum atomic E-state index is -0.0715. The third-order valence-corrected chi connectivity index (χ3v) is 3.84. The molecule has 0 bridgehead atoms. The Morgan fingerprint density at radius 3 is 2.59 bits per heavy atom. The van der Waals surface area contributed by atoms with E-state index in [2.05, 4.69) is 6.92 Å². The van der Waals surface area contributed by atoms with Crippen LogP contribution in [0.4, 0.5) is 4.39 Å². The van der Waals surface area contributed by atoms with Crippen molar-refractivity contribution in [3.05, 3.63) is 11.4 Å². The fraction of sp³-hybridized carbons (Fsp3) is 0.857. The van der Waals surface area contributed by atoms with Crippen LogP contribution in [0.5, 0.6) is 0 Å². The molecule has 1 heterocycles. The fourth-order valence-corrected chi connectivity index (χ4v) is 2.55. The van der Waals surface area contributed by atoms with E-state index in [1.54, 1.807) is 0 Å². The molecular formula is C14H23FO2. The number of halogens is 1. The predicted octanol–water partition coefficient (Wildman–Crippen LogP) is 3.82. The van der Waals surface area contributed by atoms with Crippen molar-refractivity contribution >= 4 is 0 Å². The second-order valence-electron chi connectivity index (χ2n) is 5.50. The molecule has 2 aliphatic rings. The van der Waals surface area contributed by atoms with Crippen LogP contribution in [0.2, 0.25) is 0 Å². The summed E-state index contributed by atoms with van der Waals surface area (Å²) in [7, 11) is 0. The van der Waals surface area contributed by atoms with E-state index in [-0.39, 0.29) is 12.1 Å². The number of rotatable bonds is 3. The van der Waals surface area contributed by atoms with E-state index >= 15 is 0 Å². The second-order valence-corrected chi connectivity index (χ2v) is 5.50. The standard InChI is InChI=1S/C14H23FO2/c1-10-3-5-13(14(15)7-10)6-4-12-8-16-11(2)17-9-12/h10-12H,3-9H2,1-2H3. The molecule has 1 aliphatic carbocycles. The molecule has 3 heteroatoms. The van der Waals surface area contributed by atoms with Gasteiger partial charge >= 0.3 is 0 Å². The normalized spacial score (nSPS) is 35.1. The van der Waals surface area contributed by atoms with Gasteiger partial charge in [-0.05, 0) is 44.1 Å². The maximum absolute atomic E-state index is 13.7. The van der Waals surface area contributed by atoms with Gasteiger partial charge in [-0.2, -0.15) is 0 Å². The number of allylic oxidation sites excluding steroid dienone is 2. The zero-order chi connectivity index (χ0) is 12.3. The van der Waals surface area contributed by atoms with Crippen molar-refractivity contribution in [1.82, 2.24) is 0 Å². The van der Waals surface area contributed by atoms with E-state index in [9.17, 15) is 4.39 Å². The Kier molecular flexibility index (Phi) is 4.57. The molecule has 2 nitrogen and oxygen atoms in total. The summed E-state index contributed by atoms with van der Waals surface area (Å²) in [6, 6.07) is 0. The predicted molar refractivity (Wildman–Crippen MR) is 65.2 cm³/mol. The Balaban J connectivity index is 1.76. The number of ether oxygens (including phenoxy) is 2. The first-order valence-electron chi connectivity index (χ1n) is 6.74. The van der Waals surface area contributed by atoms with Crippen molar-refractivity contribution in [2.24, 2.45) is 11.8 Å². The molecule has 0 amide bonds. The minimum Gasteiger partial charge on any atom is -0.353 e. The topological polar surface area (TPSA) is 18.5 Å². The summed E-state index contributed by atoms with van der Waals surface area (Å²) in [6.07, 6.45) is 4.52. The van der Waals surface area contributed by atoms with Crippen LogP contribution < -0.4 is 0 Å². The van der Waals surface area contributed by atoms with Gasteiger partial charge in [-0.1, -0.05) is 6.92 Å². The lowest BCUT2D eigenvalue weighted by Crippen LogP contribution is -2.30. The van der Waals surface area contributed by atoms with Gasteiger partial charge in [-0.15, -0.1) is 0 Å². The van der Waals surface area contributed by atoms with Gasteiger partial charge in [0.05, 0.1) is 19.0 Å². The van der Waals surface area contributed by atoms with Gasteiger partial charge in [0.1, 0.15) is 0 Å². The molecule has 1 unspecified atom stereocenters. The van der Waals surface area contributed by atoms with Crippen LogP contribution in [0, 0.1) is 11.8 Å². The summed E-state index contributed by atoms with van der Waals surface area (Å²) in [5.41, 5.74) is 1.04. The summed E-state index contributed by atoms with van der Waals surface area (Å²) in [6.45, 7) is 5.56. The summed E-state index contributed by atoms with van der Waals surface area (Å²) < 4.78 is 24.6. The molecule has 1 fully saturated rings. The molecule has 17 heavy (non-hydrogen) atoms. The maximum atomic E-state index is 13.7. The number of hydrogen-bond acceptors (Lipinski definition) is 2. The lowest BCUT2D eigenvalue weighted by molar-refractivity contribution is -0.191. The molecule has 0 aromatic heterocycles. The molecule has 0 radical (unpaired) electrons. The van der Waals surface area contributed by atoms with Gasteiger partial charge in [0, 0.05) is 12.3 Å². The van der Waals surface area contributed by atoms with Crippen molar-refractivity contribution in [3.63, 3.8) is 0 Å². The smallest absolute Gasteiger partial charge is 0.154 e. The largest absolute Gasteiger partial charge is 0.353 e. The monoisotopic (exact) mass is 242 g/mol. The third-order valence-electron chi connectivity index (χ3n) is 3.84. The lowest BCUT2D eigenvalue weighted by Gasteiger charge is -2.28. The highest BCUT2D eigenvalue weighted by atomic mass is 19.1. The highest BCUT2D eigenvalue weighted by molar-refractivity contribution is 5.12. The zero-order valence-electron chi connectivity index (χ0n) is 10.9. The molecule has 1 saturated heterocycles. The first kappa shape index (κ1) is 13.0. The molecule has 0 N–H and O–H groups in total. The van der Waals surface area contributed by atoms with Crippen molar-refractivity contribution in [1.29, 1.82) is 0 Å².